The highest BCUT2D eigenvalue weighted by molar-refractivity contribution is 6.07. The molecule has 0 radical (unpaired) electrons. The molecule has 0 N–H and O–H groups in total. The monoisotopic (exact) mass is 527 g/mol. The summed E-state index contributed by atoms with van der Waals surface area (Å²) in [5.41, 5.74) is 8.04. The van der Waals surface area contributed by atoms with Crippen LogP contribution in [0, 0.1) is 18.6 Å². The van der Waals surface area contributed by atoms with Crippen LogP contribution in [0.2, 0.25) is 0 Å². The summed E-state index contributed by atoms with van der Waals surface area (Å²) < 4.78 is 39.1. The van der Waals surface area contributed by atoms with Gasteiger partial charge in [0, 0.05) is 28.6 Å². The summed E-state index contributed by atoms with van der Waals surface area (Å²) in [6, 6.07) is 33.1. The van der Waals surface area contributed by atoms with Crippen molar-refractivity contribution in [3.05, 3.63) is 133 Å². The number of benzene rings is 5. The Labute approximate surface area is 230 Å². The van der Waals surface area contributed by atoms with Crippen molar-refractivity contribution >= 4 is 21.9 Å². The predicted octanol–water partition coefficient (Wildman–Crippen LogP) is 8.79. The normalized spacial score (nSPS) is 11.5. The fraction of sp³-hybridized carbons (Fsp3) is 0.0571. The highest BCUT2D eigenvalue weighted by Crippen LogP contribution is 2.40. The van der Waals surface area contributed by atoms with Gasteiger partial charge in [0.15, 0.2) is 0 Å². The smallest absolute Gasteiger partial charge is 0.294 e. The number of hydrogen-bond donors (Lipinski definition) is 0. The molecule has 0 spiro atoms. The summed E-state index contributed by atoms with van der Waals surface area (Å²) in [7, 11) is 2.01. The van der Waals surface area contributed by atoms with Crippen molar-refractivity contribution in [1.82, 2.24) is 4.57 Å². The molecule has 0 atom stereocenters. The lowest BCUT2D eigenvalue weighted by molar-refractivity contribution is -0.659. The minimum absolute atomic E-state index is 0.199. The molecule has 0 unspecified atom stereocenters. The van der Waals surface area contributed by atoms with E-state index in [0.717, 1.165) is 51.0 Å². The molecule has 7 rings (SSSR count). The summed E-state index contributed by atoms with van der Waals surface area (Å²) >= 11 is 0. The molecule has 0 aliphatic heterocycles. The second kappa shape index (κ2) is 9.31. The Morgan fingerprint density at radius 3 is 2.00 bits per heavy atom. The molecule has 2 aromatic heterocycles. The molecule has 5 aromatic carbocycles. The van der Waals surface area contributed by atoms with Gasteiger partial charge in [-0.05, 0) is 35.7 Å². The zero-order chi connectivity index (χ0) is 27.4. The van der Waals surface area contributed by atoms with E-state index in [0.29, 0.717) is 11.0 Å². The maximum absolute atomic E-state index is 15.0. The van der Waals surface area contributed by atoms with E-state index < -0.39 is 11.6 Å². The molecule has 0 aliphatic carbocycles. The van der Waals surface area contributed by atoms with Gasteiger partial charge in [0.1, 0.15) is 40.9 Å². The lowest BCUT2D eigenvalue weighted by atomic mass is 9.95. The maximum Gasteiger partial charge on any atom is 0.294 e. The molecule has 194 valence electrons. The first-order valence-electron chi connectivity index (χ1n) is 13.1. The van der Waals surface area contributed by atoms with E-state index in [2.05, 4.69) is 57.8 Å². The van der Waals surface area contributed by atoms with Crippen LogP contribution in [-0.4, -0.2) is 4.57 Å². The first kappa shape index (κ1) is 24.0. The number of aryl methyl sites for hydroxylation is 2. The molecule has 3 nitrogen and oxygen atoms in total. The summed E-state index contributed by atoms with van der Waals surface area (Å²) in [6.45, 7) is 2.01. The number of para-hydroxylation sites is 1. The third-order valence-electron chi connectivity index (χ3n) is 7.52. The number of aromatic nitrogens is 2. The van der Waals surface area contributed by atoms with Crippen molar-refractivity contribution in [1.29, 1.82) is 0 Å². The Bertz CT molecular complexity index is 1980. The molecule has 0 aliphatic rings. The average Bonchev–Trinajstić information content (AvgIpc) is 3.52. The zero-order valence-corrected chi connectivity index (χ0v) is 22.0. The van der Waals surface area contributed by atoms with Crippen molar-refractivity contribution in [3.8, 4) is 39.3 Å². The Morgan fingerprint density at radius 1 is 0.700 bits per heavy atom. The number of nitrogens with zero attached hydrogens (tertiary/aromatic N) is 2. The summed E-state index contributed by atoms with van der Waals surface area (Å²) in [5.74, 6) is -0.367. The van der Waals surface area contributed by atoms with Gasteiger partial charge in [-0.25, -0.2) is 13.3 Å². The molecular weight excluding hydrogens is 502 g/mol. The van der Waals surface area contributed by atoms with Gasteiger partial charge in [0.05, 0.1) is 18.0 Å². The fourth-order valence-corrected chi connectivity index (χ4v) is 5.69. The van der Waals surface area contributed by atoms with Crippen LogP contribution >= 0.6 is 0 Å². The molecule has 0 fully saturated rings. The van der Waals surface area contributed by atoms with Gasteiger partial charge in [-0.15, -0.1) is 0 Å². The molecular formula is C35H25F2N2O+. The minimum atomic E-state index is -0.660. The first-order chi connectivity index (χ1) is 19.5. The Hall–Kier alpha value is -5.03. The molecule has 0 saturated heterocycles. The third-order valence-corrected chi connectivity index (χ3v) is 7.52. The molecule has 40 heavy (non-hydrogen) atoms. The van der Waals surface area contributed by atoms with Crippen LogP contribution in [0.25, 0.3) is 61.3 Å². The summed E-state index contributed by atoms with van der Waals surface area (Å²) in [4.78, 5) is 0. The van der Waals surface area contributed by atoms with Crippen LogP contribution in [0.3, 0.4) is 0 Å². The maximum atomic E-state index is 15.0. The third kappa shape index (κ3) is 3.82. The van der Waals surface area contributed by atoms with Crippen molar-refractivity contribution in [2.75, 3.05) is 0 Å². The standard InChI is InChI=1S/C35H25F2N2O/c1-22-18-31-29(33-30(37)19-25(36)20-32(33)40-31)21-28(22)35-38(2)16-17-39(35)34-26(23-10-5-3-6-11-23)14-9-15-27(34)24-12-7-4-8-13-24/h3-21H,1-2H3/q+1. The van der Waals surface area contributed by atoms with E-state index in [9.17, 15) is 8.78 Å². The Kier molecular flexibility index (Phi) is 5.60. The van der Waals surface area contributed by atoms with Gasteiger partial charge in [-0.3, -0.25) is 0 Å². The van der Waals surface area contributed by atoms with Gasteiger partial charge in [-0.2, -0.15) is 4.57 Å². The second-order valence-electron chi connectivity index (χ2n) is 10.1. The van der Waals surface area contributed by atoms with Crippen LogP contribution in [0.1, 0.15) is 5.56 Å². The number of fused-ring (bicyclic) bond motifs is 3. The number of hydrogen-bond acceptors (Lipinski definition) is 1. The molecule has 5 heteroatoms. The van der Waals surface area contributed by atoms with Crippen LogP contribution < -0.4 is 4.57 Å². The number of rotatable bonds is 4. The van der Waals surface area contributed by atoms with Gasteiger partial charge >= 0.3 is 0 Å². The largest absolute Gasteiger partial charge is 0.456 e. The van der Waals surface area contributed by atoms with E-state index in [1.165, 1.54) is 6.07 Å². The highest BCUT2D eigenvalue weighted by Gasteiger charge is 2.27. The Balaban J connectivity index is 1.54. The zero-order valence-electron chi connectivity index (χ0n) is 22.0. The lowest BCUT2D eigenvalue weighted by Gasteiger charge is -2.15. The summed E-state index contributed by atoms with van der Waals surface area (Å²) in [5, 5.41) is 0.897. The van der Waals surface area contributed by atoms with Crippen molar-refractivity contribution in [3.63, 3.8) is 0 Å². The van der Waals surface area contributed by atoms with E-state index in [-0.39, 0.29) is 11.0 Å². The lowest BCUT2D eigenvalue weighted by Crippen LogP contribution is -2.29. The number of imidazole rings is 1. The van der Waals surface area contributed by atoms with Gasteiger partial charge in [0.2, 0.25) is 0 Å². The summed E-state index contributed by atoms with van der Waals surface area (Å²) in [6.07, 6.45) is 4.09. The number of furan rings is 1. The molecule has 7 aromatic rings. The van der Waals surface area contributed by atoms with Gasteiger partial charge in [-0.1, -0.05) is 78.9 Å². The van der Waals surface area contributed by atoms with Crippen LogP contribution in [0.5, 0.6) is 0 Å². The molecule has 0 saturated carbocycles. The fourth-order valence-electron chi connectivity index (χ4n) is 5.69. The minimum Gasteiger partial charge on any atom is -0.456 e. The van der Waals surface area contributed by atoms with Crippen molar-refractivity contribution in [2.24, 2.45) is 7.05 Å². The topological polar surface area (TPSA) is 21.9 Å². The Morgan fingerprint density at radius 2 is 1.35 bits per heavy atom. The first-order valence-corrected chi connectivity index (χ1v) is 13.1. The van der Waals surface area contributed by atoms with E-state index in [1.54, 1.807) is 0 Å². The van der Waals surface area contributed by atoms with Crippen LogP contribution in [0.15, 0.2) is 120 Å². The van der Waals surface area contributed by atoms with Crippen LogP contribution in [0.4, 0.5) is 8.78 Å². The van der Waals surface area contributed by atoms with E-state index in [1.807, 2.05) is 68.7 Å². The predicted molar refractivity (Wildman–Crippen MR) is 155 cm³/mol. The van der Waals surface area contributed by atoms with Crippen LogP contribution in [-0.2, 0) is 7.05 Å². The number of halogens is 2. The van der Waals surface area contributed by atoms with E-state index in [4.69, 9.17) is 4.42 Å². The van der Waals surface area contributed by atoms with Gasteiger partial charge < -0.3 is 4.42 Å². The van der Waals surface area contributed by atoms with Crippen molar-refractivity contribution < 1.29 is 17.8 Å². The van der Waals surface area contributed by atoms with E-state index >= 15 is 0 Å². The molecule has 2 heterocycles. The highest BCUT2D eigenvalue weighted by atomic mass is 19.1. The SMILES string of the molecule is Cc1cc2oc3cc(F)cc(F)c3c2cc1-c1n(-c2c(-c3ccccc3)cccc2-c2ccccc2)cc[n+]1C. The molecule has 0 amide bonds. The van der Waals surface area contributed by atoms with Crippen molar-refractivity contribution in [2.45, 2.75) is 6.92 Å². The quantitative estimate of drug-likeness (QED) is 0.210. The second-order valence-corrected chi connectivity index (χ2v) is 10.1. The average molecular weight is 528 g/mol. The van der Waals surface area contributed by atoms with Gasteiger partial charge in [0.25, 0.3) is 5.82 Å². The molecule has 0 bridgehead atoms.